The first-order valence-corrected chi connectivity index (χ1v) is 10.1. The Morgan fingerprint density at radius 2 is 1.84 bits per heavy atom. The summed E-state index contributed by atoms with van der Waals surface area (Å²) in [6.45, 7) is 4.68. The van der Waals surface area contributed by atoms with E-state index in [0.29, 0.717) is 30.2 Å². The van der Waals surface area contributed by atoms with Gasteiger partial charge in [0, 0.05) is 11.6 Å². The molecule has 31 heavy (non-hydrogen) atoms. The van der Waals surface area contributed by atoms with Gasteiger partial charge in [0.25, 0.3) is 11.5 Å². The summed E-state index contributed by atoms with van der Waals surface area (Å²) in [6.07, 6.45) is 1.64. The minimum Gasteiger partial charge on any atom is -0.492 e. The van der Waals surface area contributed by atoms with Crippen molar-refractivity contribution in [1.29, 1.82) is 0 Å². The number of hydrogen-bond donors (Lipinski definition) is 1. The quantitative estimate of drug-likeness (QED) is 0.508. The molecule has 6 nitrogen and oxygen atoms in total. The highest BCUT2D eigenvalue weighted by Crippen LogP contribution is 2.24. The molecule has 0 aliphatic heterocycles. The molecule has 2 heterocycles. The second-order valence-corrected chi connectivity index (χ2v) is 7.23. The zero-order valence-electron chi connectivity index (χ0n) is 17.5. The van der Waals surface area contributed by atoms with Gasteiger partial charge in [-0.2, -0.15) is 0 Å². The van der Waals surface area contributed by atoms with E-state index >= 15 is 0 Å². The number of benzene rings is 2. The normalized spacial score (nSPS) is 10.8. The first-order chi connectivity index (χ1) is 15.1. The van der Waals surface area contributed by atoms with Crippen LogP contribution in [0.4, 0.5) is 5.69 Å². The molecule has 0 radical (unpaired) electrons. The zero-order chi connectivity index (χ0) is 21.8. The van der Waals surface area contributed by atoms with E-state index in [-0.39, 0.29) is 5.56 Å². The summed E-state index contributed by atoms with van der Waals surface area (Å²) in [4.78, 5) is 30.8. The molecular formula is C25H23N3O3. The maximum absolute atomic E-state index is 13.3. The summed E-state index contributed by atoms with van der Waals surface area (Å²) in [6, 6.07) is 20.3. The van der Waals surface area contributed by atoms with Gasteiger partial charge in [0.2, 0.25) is 0 Å². The van der Waals surface area contributed by atoms with Crippen LogP contribution < -0.4 is 15.6 Å². The number of para-hydroxylation sites is 2. The molecule has 0 bridgehead atoms. The average Bonchev–Trinajstić information content (AvgIpc) is 2.78. The van der Waals surface area contributed by atoms with Crippen LogP contribution in [0.3, 0.4) is 0 Å². The Balaban J connectivity index is 1.76. The Labute approximate surface area is 180 Å². The zero-order valence-corrected chi connectivity index (χ0v) is 17.5. The van der Waals surface area contributed by atoms with Crippen molar-refractivity contribution in [3.05, 3.63) is 100.0 Å². The van der Waals surface area contributed by atoms with Crippen molar-refractivity contribution >= 4 is 22.6 Å². The molecule has 0 aliphatic carbocycles. The number of hydrogen-bond acceptors (Lipinski definition) is 4. The molecule has 2 aromatic carbocycles. The van der Waals surface area contributed by atoms with Gasteiger partial charge >= 0.3 is 0 Å². The molecule has 0 aliphatic rings. The van der Waals surface area contributed by atoms with Crippen molar-refractivity contribution in [2.75, 3.05) is 11.9 Å². The van der Waals surface area contributed by atoms with Gasteiger partial charge in [-0.15, -0.1) is 0 Å². The molecule has 0 atom stereocenters. The molecule has 0 unspecified atom stereocenters. The maximum atomic E-state index is 13.3. The summed E-state index contributed by atoms with van der Waals surface area (Å²) in [5.74, 6) is 0.0707. The number of carbonyl (C=O) groups excluding carboxylic acids is 1. The lowest BCUT2D eigenvalue weighted by Gasteiger charge is -2.14. The van der Waals surface area contributed by atoms with Gasteiger partial charge in [0.15, 0.2) is 0 Å². The fourth-order valence-corrected chi connectivity index (χ4v) is 3.43. The average molecular weight is 413 g/mol. The fourth-order valence-electron chi connectivity index (χ4n) is 3.43. The molecule has 0 fully saturated rings. The van der Waals surface area contributed by atoms with Crippen LogP contribution in [0.15, 0.2) is 77.7 Å². The van der Waals surface area contributed by atoms with Crippen molar-refractivity contribution in [1.82, 2.24) is 9.55 Å². The van der Waals surface area contributed by atoms with E-state index in [1.807, 2.05) is 50.2 Å². The van der Waals surface area contributed by atoms with Gasteiger partial charge in [0.1, 0.15) is 17.0 Å². The van der Waals surface area contributed by atoms with Crippen molar-refractivity contribution in [3.8, 4) is 5.75 Å². The van der Waals surface area contributed by atoms with Crippen molar-refractivity contribution < 1.29 is 9.53 Å². The van der Waals surface area contributed by atoms with E-state index in [9.17, 15) is 9.59 Å². The monoisotopic (exact) mass is 413 g/mol. The number of amides is 1. The summed E-state index contributed by atoms with van der Waals surface area (Å²) in [5, 5.41) is 3.54. The van der Waals surface area contributed by atoms with Gasteiger partial charge in [-0.05, 0) is 49.7 Å². The smallest absolute Gasteiger partial charge is 0.265 e. The van der Waals surface area contributed by atoms with Gasteiger partial charge in [-0.25, -0.2) is 4.98 Å². The lowest BCUT2D eigenvalue weighted by Crippen LogP contribution is -2.30. The van der Waals surface area contributed by atoms with Gasteiger partial charge < -0.3 is 10.1 Å². The van der Waals surface area contributed by atoms with Crippen LogP contribution in [0.2, 0.25) is 0 Å². The van der Waals surface area contributed by atoms with Crippen LogP contribution in [0.1, 0.15) is 28.4 Å². The molecule has 1 N–H and O–H groups in total. The predicted molar refractivity (Wildman–Crippen MR) is 122 cm³/mol. The lowest BCUT2D eigenvalue weighted by atomic mass is 10.1. The van der Waals surface area contributed by atoms with Crippen LogP contribution in [0.5, 0.6) is 5.75 Å². The summed E-state index contributed by atoms with van der Waals surface area (Å²) in [7, 11) is 0. The molecule has 4 aromatic rings. The number of rotatable bonds is 6. The Bertz CT molecular complexity index is 1290. The van der Waals surface area contributed by atoms with Gasteiger partial charge in [0.05, 0.1) is 18.8 Å². The third-order valence-corrected chi connectivity index (χ3v) is 4.99. The minimum absolute atomic E-state index is 0.0545. The van der Waals surface area contributed by atoms with Crippen molar-refractivity contribution in [2.24, 2.45) is 0 Å². The second-order valence-electron chi connectivity index (χ2n) is 7.23. The highest BCUT2D eigenvalue weighted by molar-refractivity contribution is 6.06. The summed E-state index contributed by atoms with van der Waals surface area (Å²) < 4.78 is 7.12. The Morgan fingerprint density at radius 1 is 1.06 bits per heavy atom. The van der Waals surface area contributed by atoms with Gasteiger partial charge in [-0.1, -0.05) is 42.0 Å². The fraction of sp³-hybridized carbons (Fsp3) is 0.160. The number of carbonyl (C=O) groups is 1. The third-order valence-electron chi connectivity index (χ3n) is 4.99. The van der Waals surface area contributed by atoms with Crippen LogP contribution in [0.25, 0.3) is 11.0 Å². The minimum atomic E-state index is -0.486. The number of anilines is 1. The predicted octanol–water partition coefficient (Wildman–Crippen LogP) is 4.40. The van der Waals surface area contributed by atoms with Crippen molar-refractivity contribution in [3.63, 3.8) is 0 Å². The van der Waals surface area contributed by atoms with E-state index in [1.54, 1.807) is 41.1 Å². The number of nitrogens with zero attached hydrogens (tertiary/aromatic N) is 2. The summed E-state index contributed by atoms with van der Waals surface area (Å²) >= 11 is 0. The topological polar surface area (TPSA) is 73.2 Å². The van der Waals surface area contributed by atoms with Gasteiger partial charge in [-0.3, -0.25) is 14.2 Å². The maximum Gasteiger partial charge on any atom is 0.265 e. The highest BCUT2D eigenvalue weighted by Gasteiger charge is 2.18. The first-order valence-electron chi connectivity index (χ1n) is 10.1. The van der Waals surface area contributed by atoms with E-state index in [0.717, 1.165) is 16.5 Å². The molecule has 1 amide bonds. The Kier molecular flexibility index (Phi) is 5.80. The van der Waals surface area contributed by atoms with E-state index in [1.165, 1.54) is 0 Å². The lowest BCUT2D eigenvalue weighted by molar-refractivity contribution is 0.102. The van der Waals surface area contributed by atoms with Crippen LogP contribution in [-0.4, -0.2) is 22.1 Å². The molecule has 2 aromatic heterocycles. The van der Waals surface area contributed by atoms with Crippen LogP contribution >= 0.6 is 0 Å². The molecule has 6 heteroatoms. The number of aromatic nitrogens is 2. The number of aryl methyl sites for hydroxylation is 1. The molecule has 0 spiro atoms. The van der Waals surface area contributed by atoms with E-state index in [4.69, 9.17) is 4.74 Å². The number of ether oxygens (including phenoxy) is 1. The van der Waals surface area contributed by atoms with Crippen LogP contribution in [0, 0.1) is 6.92 Å². The van der Waals surface area contributed by atoms with E-state index < -0.39 is 11.5 Å². The van der Waals surface area contributed by atoms with Crippen molar-refractivity contribution in [2.45, 2.75) is 20.4 Å². The molecular weight excluding hydrogens is 390 g/mol. The molecule has 0 saturated heterocycles. The first kappa shape index (κ1) is 20.3. The van der Waals surface area contributed by atoms with Crippen LogP contribution in [-0.2, 0) is 6.54 Å². The molecule has 4 rings (SSSR count). The molecule has 156 valence electrons. The third kappa shape index (κ3) is 4.33. The number of nitrogens with one attached hydrogen (secondary N) is 1. The standard InChI is InChI=1S/C25H23N3O3/c1-3-31-22-9-5-4-8-21(22)27-24(29)20-15-19-7-6-14-26-23(19)28(25(20)30)16-18-12-10-17(2)11-13-18/h4-15H,3,16H2,1-2H3,(H,27,29). The number of pyridine rings is 2. The van der Waals surface area contributed by atoms with E-state index in [2.05, 4.69) is 10.3 Å². The second kappa shape index (κ2) is 8.83. The molecule has 0 saturated carbocycles. The summed E-state index contributed by atoms with van der Waals surface area (Å²) in [5.41, 5.74) is 2.82. The Morgan fingerprint density at radius 3 is 2.61 bits per heavy atom. The Hall–Kier alpha value is -3.93. The number of fused-ring (bicyclic) bond motifs is 1. The SMILES string of the molecule is CCOc1ccccc1NC(=O)c1cc2cccnc2n(Cc2ccc(C)cc2)c1=O. The highest BCUT2D eigenvalue weighted by atomic mass is 16.5. The largest absolute Gasteiger partial charge is 0.492 e.